The summed E-state index contributed by atoms with van der Waals surface area (Å²) >= 11 is 3.45. The van der Waals surface area contributed by atoms with E-state index in [9.17, 15) is 4.79 Å². The van der Waals surface area contributed by atoms with Crippen molar-refractivity contribution in [3.8, 4) is 0 Å². The summed E-state index contributed by atoms with van der Waals surface area (Å²) in [5, 5.41) is 5.67. The summed E-state index contributed by atoms with van der Waals surface area (Å²) in [5.74, 6) is 4.19. The molecule has 2 heterocycles. The molecule has 2 aromatic heterocycles. The van der Waals surface area contributed by atoms with E-state index < -0.39 is 0 Å². The first-order valence-corrected chi connectivity index (χ1v) is 14.0. The first-order valence-electron chi connectivity index (χ1n) is 12.2. The maximum Gasteiger partial charge on any atom is 0.230 e. The number of carbonyl (C=O) groups is 1. The van der Waals surface area contributed by atoms with Gasteiger partial charge in [0, 0.05) is 16.3 Å². The highest BCUT2D eigenvalue weighted by Crippen LogP contribution is 2.61. The van der Waals surface area contributed by atoms with Crippen molar-refractivity contribution >= 4 is 39.2 Å². The van der Waals surface area contributed by atoms with Crippen LogP contribution in [0.1, 0.15) is 74.6 Å². The van der Waals surface area contributed by atoms with Gasteiger partial charge in [-0.05, 0) is 107 Å². The fraction of sp³-hybridized carbons (Fsp3) is 0.720. The number of thioether (sulfide) groups is 1. The largest absolute Gasteiger partial charge is 0.352 e. The minimum Gasteiger partial charge on any atom is -0.352 e. The first-order chi connectivity index (χ1) is 15.0. The van der Waals surface area contributed by atoms with Gasteiger partial charge in [0.05, 0.1) is 5.75 Å². The smallest absolute Gasteiger partial charge is 0.230 e. The van der Waals surface area contributed by atoms with Crippen LogP contribution in [0.3, 0.4) is 0 Å². The van der Waals surface area contributed by atoms with Crippen molar-refractivity contribution in [2.24, 2.45) is 23.2 Å². The molecular weight excluding hydrogens is 422 g/mol. The number of thiophene rings is 1. The average Bonchev–Trinajstić information content (AvgIpc) is 3.09. The summed E-state index contributed by atoms with van der Waals surface area (Å²) in [7, 11) is 0. The highest BCUT2D eigenvalue weighted by Gasteiger charge is 2.53. The third-order valence-corrected chi connectivity index (χ3v) is 10.8. The van der Waals surface area contributed by atoms with Gasteiger partial charge < -0.3 is 5.32 Å². The lowest BCUT2D eigenvalue weighted by Crippen LogP contribution is -2.56. The average molecular weight is 456 g/mol. The van der Waals surface area contributed by atoms with Crippen LogP contribution >= 0.6 is 23.1 Å². The highest BCUT2D eigenvalue weighted by molar-refractivity contribution is 8.00. The SMILES string of the molecule is Cc1nc(SCC(=O)N[C@@H](C)C23CC4CC(CC(C4)C2)C3)c2c3c(sc2n1)CCCC3. The Hall–Kier alpha value is -1.14. The Bertz CT molecular complexity index is 994. The topological polar surface area (TPSA) is 54.9 Å². The number of hydrogen-bond donors (Lipinski definition) is 1. The molecule has 1 amide bonds. The molecule has 0 aromatic carbocycles. The summed E-state index contributed by atoms with van der Waals surface area (Å²) in [6, 6.07) is 0.287. The Labute approximate surface area is 193 Å². The molecule has 7 rings (SSSR count). The predicted molar refractivity (Wildman–Crippen MR) is 128 cm³/mol. The van der Waals surface area contributed by atoms with E-state index in [1.54, 1.807) is 11.8 Å². The van der Waals surface area contributed by atoms with Gasteiger partial charge in [-0.2, -0.15) is 0 Å². The monoisotopic (exact) mass is 455 g/mol. The molecule has 4 saturated carbocycles. The number of amides is 1. The van der Waals surface area contributed by atoms with E-state index in [4.69, 9.17) is 9.97 Å². The summed E-state index contributed by atoms with van der Waals surface area (Å²) in [6.07, 6.45) is 13.2. The lowest BCUT2D eigenvalue weighted by Gasteiger charge is -2.59. The first kappa shape index (κ1) is 20.5. The van der Waals surface area contributed by atoms with Crippen molar-refractivity contribution in [3.63, 3.8) is 0 Å². The van der Waals surface area contributed by atoms with E-state index >= 15 is 0 Å². The van der Waals surface area contributed by atoms with Crippen molar-refractivity contribution in [1.82, 2.24) is 15.3 Å². The number of rotatable bonds is 5. The minimum absolute atomic E-state index is 0.168. The Morgan fingerprint density at radius 3 is 2.52 bits per heavy atom. The Morgan fingerprint density at radius 2 is 1.81 bits per heavy atom. The van der Waals surface area contributed by atoms with Gasteiger partial charge in [-0.25, -0.2) is 9.97 Å². The molecule has 0 saturated heterocycles. The van der Waals surface area contributed by atoms with Gasteiger partial charge in [0.1, 0.15) is 15.7 Å². The highest BCUT2D eigenvalue weighted by atomic mass is 32.2. The molecule has 4 fully saturated rings. The molecule has 0 radical (unpaired) electrons. The van der Waals surface area contributed by atoms with Crippen LogP contribution in [0.5, 0.6) is 0 Å². The van der Waals surface area contributed by atoms with Crippen LogP contribution in [0.4, 0.5) is 0 Å². The minimum atomic E-state index is 0.168. The van der Waals surface area contributed by atoms with Gasteiger partial charge in [0.25, 0.3) is 0 Å². The molecule has 0 spiro atoms. The van der Waals surface area contributed by atoms with Gasteiger partial charge in [-0.3, -0.25) is 4.79 Å². The number of nitrogens with zero attached hydrogens (tertiary/aromatic N) is 2. The molecule has 1 atom stereocenters. The maximum atomic E-state index is 13.0. The second-order valence-corrected chi connectivity index (χ2v) is 12.9. The van der Waals surface area contributed by atoms with Gasteiger partial charge in [-0.1, -0.05) is 11.8 Å². The molecule has 2 aromatic rings. The fourth-order valence-electron chi connectivity index (χ4n) is 7.61. The second kappa shape index (κ2) is 7.72. The van der Waals surface area contributed by atoms with Gasteiger partial charge in [0.15, 0.2) is 0 Å². The molecule has 0 unspecified atom stereocenters. The number of carbonyl (C=O) groups excluding carboxylic acids is 1. The summed E-state index contributed by atoms with van der Waals surface area (Å²) in [5.41, 5.74) is 1.82. The van der Waals surface area contributed by atoms with E-state index in [-0.39, 0.29) is 11.9 Å². The van der Waals surface area contributed by atoms with E-state index in [1.165, 1.54) is 73.6 Å². The van der Waals surface area contributed by atoms with Crippen LogP contribution in [-0.4, -0.2) is 27.7 Å². The summed E-state index contributed by atoms with van der Waals surface area (Å²) in [4.78, 5) is 25.1. The van der Waals surface area contributed by atoms with E-state index in [2.05, 4.69) is 12.2 Å². The van der Waals surface area contributed by atoms with E-state index in [0.717, 1.165) is 39.9 Å². The molecular formula is C25H33N3OS2. The number of nitrogens with one attached hydrogen (secondary N) is 1. The standard InChI is InChI=1S/C25H33N3OS2/c1-14(25-10-16-7-17(11-25)9-18(8-16)12-25)26-21(29)13-30-23-22-19-5-3-4-6-20(19)31-24(22)28-15(2)27-23/h14,16-18H,3-13H2,1-2H3,(H,26,29)/t14-,16?,17?,18?,25?/m0/s1. The Kier molecular flexibility index (Phi) is 5.10. The molecule has 166 valence electrons. The van der Waals surface area contributed by atoms with Crippen molar-refractivity contribution in [2.45, 2.75) is 89.1 Å². The van der Waals surface area contributed by atoms with Crippen LogP contribution in [0.15, 0.2) is 5.03 Å². The van der Waals surface area contributed by atoms with Gasteiger partial charge in [-0.15, -0.1) is 11.3 Å². The zero-order chi connectivity index (χ0) is 21.2. The lowest BCUT2D eigenvalue weighted by atomic mass is 9.48. The lowest BCUT2D eigenvalue weighted by molar-refractivity contribution is -0.123. The second-order valence-electron chi connectivity index (χ2n) is 10.8. The number of hydrogen-bond acceptors (Lipinski definition) is 5. The third-order valence-electron chi connectivity index (χ3n) is 8.61. The predicted octanol–water partition coefficient (Wildman–Crippen LogP) is 5.69. The van der Waals surface area contributed by atoms with Crippen molar-refractivity contribution in [3.05, 3.63) is 16.3 Å². The van der Waals surface area contributed by atoms with Crippen LogP contribution in [0.2, 0.25) is 0 Å². The van der Waals surface area contributed by atoms with E-state index in [0.29, 0.717) is 11.2 Å². The molecule has 5 aliphatic rings. The number of aromatic nitrogens is 2. The molecule has 31 heavy (non-hydrogen) atoms. The molecule has 1 N–H and O–H groups in total. The fourth-order valence-corrected chi connectivity index (χ4v) is 9.89. The summed E-state index contributed by atoms with van der Waals surface area (Å²) in [6.45, 7) is 4.25. The van der Waals surface area contributed by atoms with Gasteiger partial charge >= 0.3 is 0 Å². The molecule has 6 heteroatoms. The Morgan fingerprint density at radius 1 is 1.13 bits per heavy atom. The molecule has 4 bridgehead atoms. The zero-order valence-electron chi connectivity index (χ0n) is 18.7. The van der Waals surface area contributed by atoms with Crippen LogP contribution < -0.4 is 5.32 Å². The van der Waals surface area contributed by atoms with Crippen molar-refractivity contribution < 1.29 is 4.79 Å². The van der Waals surface area contributed by atoms with Crippen molar-refractivity contribution in [1.29, 1.82) is 0 Å². The van der Waals surface area contributed by atoms with Gasteiger partial charge in [0.2, 0.25) is 5.91 Å². The normalized spacial score (nSPS) is 32.3. The third kappa shape index (κ3) is 3.62. The van der Waals surface area contributed by atoms with Crippen LogP contribution in [0, 0.1) is 30.1 Å². The summed E-state index contributed by atoms with van der Waals surface area (Å²) < 4.78 is 0. The molecule has 0 aliphatic heterocycles. The maximum absolute atomic E-state index is 13.0. The van der Waals surface area contributed by atoms with Crippen LogP contribution in [-0.2, 0) is 17.6 Å². The van der Waals surface area contributed by atoms with Crippen molar-refractivity contribution in [2.75, 3.05) is 5.75 Å². The molecule has 5 aliphatic carbocycles. The van der Waals surface area contributed by atoms with Crippen LogP contribution in [0.25, 0.3) is 10.2 Å². The number of aryl methyl sites for hydroxylation is 3. The quantitative estimate of drug-likeness (QED) is 0.465. The molecule has 4 nitrogen and oxygen atoms in total. The van der Waals surface area contributed by atoms with E-state index in [1.807, 2.05) is 18.3 Å². The zero-order valence-corrected chi connectivity index (χ0v) is 20.3. The number of fused-ring (bicyclic) bond motifs is 3. The Balaban J connectivity index is 1.16.